The van der Waals surface area contributed by atoms with Crippen molar-refractivity contribution in [2.45, 2.75) is 71.1 Å². The number of hydrogen-bond acceptors (Lipinski definition) is 2. The topological polar surface area (TPSA) is 63.3 Å². The zero-order valence-corrected chi connectivity index (χ0v) is 18.1. The molecule has 0 saturated heterocycles. The molecule has 0 aliphatic rings. The lowest BCUT2D eigenvalue weighted by Gasteiger charge is -2.13. The number of amides is 1. The molecular weight excluding hydrogens is 358 g/mol. The van der Waals surface area contributed by atoms with E-state index in [2.05, 4.69) is 61.6 Å². The van der Waals surface area contributed by atoms with Gasteiger partial charge in [0.25, 0.3) is 0 Å². The summed E-state index contributed by atoms with van der Waals surface area (Å²) in [5, 5.41) is 9.09. The minimum Gasteiger partial charge on any atom is -0.396 e. The average Bonchev–Trinajstić information content (AvgIpc) is 2.72. The average molecular weight is 398 g/mol. The Bertz CT molecular complexity index is 646. The quantitative estimate of drug-likeness (QED) is 0.279. The molecule has 1 atom stereocenters. The molecule has 3 nitrogen and oxygen atoms in total. The molecule has 0 spiro atoms. The van der Waals surface area contributed by atoms with Crippen molar-refractivity contribution in [2.75, 3.05) is 6.61 Å². The maximum atomic E-state index is 11.5. The number of carbonyl (C=O) groups is 1. The van der Waals surface area contributed by atoms with Gasteiger partial charge in [-0.05, 0) is 62.5 Å². The van der Waals surface area contributed by atoms with E-state index >= 15 is 0 Å². The second-order valence-electron chi connectivity index (χ2n) is 7.50. The molecular formula is C26H39NO2. The fourth-order valence-corrected chi connectivity index (χ4v) is 3.30. The molecule has 0 aromatic heterocycles. The highest BCUT2D eigenvalue weighted by Gasteiger charge is 2.15. The highest BCUT2D eigenvalue weighted by Crippen LogP contribution is 2.17. The molecule has 0 aliphatic heterocycles. The van der Waals surface area contributed by atoms with Gasteiger partial charge in [0.1, 0.15) is 0 Å². The van der Waals surface area contributed by atoms with Crippen molar-refractivity contribution < 1.29 is 9.90 Å². The molecule has 1 rings (SSSR count). The van der Waals surface area contributed by atoms with E-state index in [4.69, 9.17) is 10.8 Å². The van der Waals surface area contributed by atoms with Crippen LogP contribution in [0.5, 0.6) is 0 Å². The second-order valence-corrected chi connectivity index (χ2v) is 7.50. The van der Waals surface area contributed by atoms with Gasteiger partial charge in [-0.25, -0.2) is 0 Å². The van der Waals surface area contributed by atoms with E-state index in [0.717, 1.165) is 25.7 Å². The number of unbranched alkanes of at least 4 members (excludes halogenated alkanes) is 3. The number of aryl methyl sites for hydroxylation is 1. The Morgan fingerprint density at radius 3 is 2.28 bits per heavy atom. The summed E-state index contributed by atoms with van der Waals surface area (Å²) >= 11 is 0. The van der Waals surface area contributed by atoms with Crippen molar-refractivity contribution in [3.63, 3.8) is 0 Å². The van der Waals surface area contributed by atoms with Gasteiger partial charge in [0.2, 0.25) is 5.91 Å². The van der Waals surface area contributed by atoms with Gasteiger partial charge in [-0.2, -0.15) is 0 Å². The number of benzene rings is 1. The van der Waals surface area contributed by atoms with Crippen LogP contribution in [0.4, 0.5) is 0 Å². The largest absolute Gasteiger partial charge is 0.396 e. The van der Waals surface area contributed by atoms with Gasteiger partial charge in [0.15, 0.2) is 0 Å². The number of allylic oxidation sites excluding steroid dienone is 6. The standard InChI is InChI=1S/C26H39NO2/c1-2-3-4-5-6-7-8-9-10-11-12-13-16-23-17-14-15-18-24(23)19-20-25(21-22-28)26(27)29/h6-7,9-10,12-15,17-18,25,28H,2-5,8,11,16,19-22H2,1H3,(H2,27,29)/b7-6-,10-9-,13-12-. The van der Waals surface area contributed by atoms with E-state index in [1.54, 1.807) is 0 Å². The van der Waals surface area contributed by atoms with Crippen LogP contribution in [0.15, 0.2) is 60.7 Å². The Morgan fingerprint density at radius 2 is 1.62 bits per heavy atom. The molecule has 1 aromatic rings. The monoisotopic (exact) mass is 397 g/mol. The van der Waals surface area contributed by atoms with Crippen molar-refractivity contribution in [3.8, 4) is 0 Å². The van der Waals surface area contributed by atoms with Crippen LogP contribution in [0.3, 0.4) is 0 Å². The third-order valence-corrected chi connectivity index (χ3v) is 5.12. The van der Waals surface area contributed by atoms with Crippen molar-refractivity contribution in [2.24, 2.45) is 11.7 Å². The summed E-state index contributed by atoms with van der Waals surface area (Å²) in [6.07, 6.45) is 23.3. The van der Waals surface area contributed by atoms with Crippen LogP contribution < -0.4 is 5.73 Å². The predicted molar refractivity (Wildman–Crippen MR) is 124 cm³/mol. The molecule has 1 aromatic carbocycles. The molecule has 160 valence electrons. The normalized spacial score (nSPS) is 13.0. The summed E-state index contributed by atoms with van der Waals surface area (Å²) < 4.78 is 0. The fourth-order valence-electron chi connectivity index (χ4n) is 3.30. The number of aliphatic hydroxyl groups is 1. The molecule has 0 aliphatic carbocycles. The van der Waals surface area contributed by atoms with E-state index in [-0.39, 0.29) is 18.4 Å². The summed E-state index contributed by atoms with van der Waals surface area (Å²) in [7, 11) is 0. The first kappa shape index (κ1) is 24.9. The predicted octanol–water partition coefficient (Wildman–Crippen LogP) is 5.67. The van der Waals surface area contributed by atoms with Crippen molar-refractivity contribution in [3.05, 3.63) is 71.8 Å². The third kappa shape index (κ3) is 12.1. The maximum absolute atomic E-state index is 11.5. The van der Waals surface area contributed by atoms with Gasteiger partial charge >= 0.3 is 0 Å². The molecule has 0 radical (unpaired) electrons. The number of carbonyl (C=O) groups excluding carboxylic acids is 1. The number of rotatable bonds is 16. The van der Waals surface area contributed by atoms with Crippen LogP contribution in [0.25, 0.3) is 0 Å². The van der Waals surface area contributed by atoms with Gasteiger partial charge in [-0.15, -0.1) is 0 Å². The van der Waals surface area contributed by atoms with Crippen LogP contribution in [0.1, 0.15) is 69.4 Å². The number of primary amides is 1. The molecule has 3 heteroatoms. The molecule has 1 amide bonds. The van der Waals surface area contributed by atoms with Crippen LogP contribution in [-0.4, -0.2) is 17.6 Å². The second kappa shape index (κ2) is 16.8. The molecule has 1 unspecified atom stereocenters. The SMILES string of the molecule is CCCCC/C=C\C/C=C\C/C=C\Cc1ccccc1CCC(CCO)C(N)=O. The third-order valence-electron chi connectivity index (χ3n) is 5.12. The summed E-state index contributed by atoms with van der Waals surface area (Å²) in [5.41, 5.74) is 7.98. The zero-order valence-electron chi connectivity index (χ0n) is 18.1. The van der Waals surface area contributed by atoms with Crippen molar-refractivity contribution in [1.82, 2.24) is 0 Å². The highest BCUT2D eigenvalue weighted by atomic mass is 16.3. The van der Waals surface area contributed by atoms with E-state index in [9.17, 15) is 4.79 Å². The summed E-state index contributed by atoms with van der Waals surface area (Å²) in [6.45, 7) is 2.23. The lowest BCUT2D eigenvalue weighted by atomic mass is 9.93. The van der Waals surface area contributed by atoms with E-state index in [0.29, 0.717) is 12.8 Å². The highest BCUT2D eigenvalue weighted by molar-refractivity contribution is 5.76. The summed E-state index contributed by atoms with van der Waals surface area (Å²) in [6, 6.07) is 8.35. The molecule has 3 N–H and O–H groups in total. The molecule has 29 heavy (non-hydrogen) atoms. The van der Waals surface area contributed by atoms with E-state index < -0.39 is 0 Å². The van der Waals surface area contributed by atoms with Crippen LogP contribution in [0.2, 0.25) is 0 Å². The summed E-state index contributed by atoms with van der Waals surface area (Å²) in [5.74, 6) is -0.576. The number of nitrogens with two attached hydrogens (primary N) is 1. The van der Waals surface area contributed by atoms with Crippen molar-refractivity contribution >= 4 is 5.91 Å². The first-order valence-corrected chi connectivity index (χ1v) is 11.1. The number of aliphatic hydroxyl groups excluding tert-OH is 1. The van der Waals surface area contributed by atoms with Gasteiger partial charge in [0.05, 0.1) is 0 Å². The number of hydrogen-bond donors (Lipinski definition) is 2. The first-order valence-electron chi connectivity index (χ1n) is 11.1. The van der Waals surface area contributed by atoms with Gasteiger partial charge in [-0.1, -0.05) is 80.5 Å². The minimum absolute atomic E-state index is 0.000156. The molecule has 0 bridgehead atoms. The van der Waals surface area contributed by atoms with Gasteiger partial charge in [-0.3, -0.25) is 4.79 Å². The van der Waals surface area contributed by atoms with Gasteiger partial charge in [0, 0.05) is 12.5 Å². The molecule has 0 saturated carbocycles. The Kier molecular flexibility index (Phi) is 14.4. The molecule has 0 fully saturated rings. The Labute approximate surface area is 177 Å². The van der Waals surface area contributed by atoms with Crippen LogP contribution in [0, 0.1) is 5.92 Å². The fraction of sp³-hybridized carbons (Fsp3) is 0.500. The van der Waals surface area contributed by atoms with Crippen LogP contribution in [-0.2, 0) is 17.6 Å². The Morgan fingerprint density at radius 1 is 0.966 bits per heavy atom. The Hall–Kier alpha value is -2.13. The summed E-state index contributed by atoms with van der Waals surface area (Å²) in [4.78, 5) is 11.5. The minimum atomic E-state index is -0.320. The molecule has 0 heterocycles. The van der Waals surface area contributed by atoms with Crippen LogP contribution >= 0.6 is 0 Å². The lowest BCUT2D eigenvalue weighted by Crippen LogP contribution is -2.24. The van der Waals surface area contributed by atoms with Gasteiger partial charge < -0.3 is 10.8 Å². The lowest BCUT2D eigenvalue weighted by molar-refractivity contribution is -0.122. The smallest absolute Gasteiger partial charge is 0.220 e. The Balaban J connectivity index is 2.37. The van der Waals surface area contributed by atoms with E-state index in [1.165, 1.54) is 36.8 Å². The zero-order chi connectivity index (χ0) is 21.2. The maximum Gasteiger partial charge on any atom is 0.220 e. The van der Waals surface area contributed by atoms with E-state index in [1.807, 2.05) is 6.07 Å². The first-order chi connectivity index (χ1) is 14.2. The van der Waals surface area contributed by atoms with Crippen molar-refractivity contribution in [1.29, 1.82) is 0 Å².